The fraction of sp³-hybridized carbons (Fsp3) is 0.857. The summed E-state index contributed by atoms with van der Waals surface area (Å²) in [5.74, 6) is 2.76. The van der Waals surface area contributed by atoms with Crippen LogP contribution < -0.4 is 5.73 Å². The van der Waals surface area contributed by atoms with Crippen LogP contribution in [-0.4, -0.2) is 71.7 Å². The van der Waals surface area contributed by atoms with Crippen molar-refractivity contribution < 1.29 is 9.53 Å². The first-order valence-electron chi connectivity index (χ1n) is 7.44. The first-order chi connectivity index (χ1) is 9.83. The van der Waals surface area contributed by atoms with Gasteiger partial charge in [0.15, 0.2) is 5.96 Å². The Morgan fingerprint density at radius 1 is 1.36 bits per heavy atom. The number of guanidine groups is 1. The molecule has 1 aliphatic rings. The van der Waals surface area contributed by atoms with Crippen LogP contribution >= 0.6 is 35.7 Å². The molecule has 1 saturated heterocycles. The van der Waals surface area contributed by atoms with Crippen LogP contribution in [-0.2, 0) is 4.74 Å². The van der Waals surface area contributed by atoms with Crippen LogP contribution in [0.15, 0.2) is 4.99 Å². The molecule has 1 amide bonds. The van der Waals surface area contributed by atoms with Crippen molar-refractivity contribution >= 4 is 47.8 Å². The van der Waals surface area contributed by atoms with Crippen molar-refractivity contribution in [2.24, 2.45) is 10.7 Å². The average molecular weight is 444 g/mol. The minimum Gasteiger partial charge on any atom is -0.444 e. The molecule has 0 aromatic carbocycles. The highest BCUT2D eigenvalue weighted by atomic mass is 127. The molecular formula is C14H29IN4O2S. The molecule has 8 heteroatoms. The second kappa shape index (κ2) is 10.4. The zero-order chi connectivity index (χ0) is 15.9. The zero-order valence-electron chi connectivity index (χ0n) is 14.0. The third kappa shape index (κ3) is 8.30. The standard InChI is InChI=1S/C14H28N4O2S.HI/c1-5-17(13(19)20-14(2,3)4)7-6-16-12(15)18-8-10-21-11-9-18;/h5-11H2,1-4H3,(H2,15,16);1H. The van der Waals surface area contributed by atoms with Gasteiger partial charge in [0.1, 0.15) is 5.60 Å². The largest absolute Gasteiger partial charge is 0.444 e. The van der Waals surface area contributed by atoms with E-state index >= 15 is 0 Å². The molecule has 0 saturated carbocycles. The second-order valence-corrected chi connectivity index (χ2v) is 7.12. The molecule has 0 atom stereocenters. The summed E-state index contributed by atoms with van der Waals surface area (Å²) < 4.78 is 5.36. The fourth-order valence-electron chi connectivity index (χ4n) is 1.88. The van der Waals surface area contributed by atoms with E-state index in [1.165, 1.54) is 0 Å². The van der Waals surface area contributed by atoms with E-state index in [0.717, 1.165) is 24.6 Å². The van der Waals surface area contributed by atoms with Crippen LogP contribution in [0.4, 0.5) is 4.79 Å². The van der Waals surface area contributed by atoms with E-state index in [1.54, 1.807) is 4.90 Å². The third-order valence-electron chi connectivity index (χ3n) is 3.01. The van der Waals surface area contributed by atoms with Gasteiger partial charge >= 0.3 is 6.09 Å². The zero-order valence-corrected chi connectivity index (χ0v) is 17.1. The fourth-order valence-corrected chi connectivity index (χ4v) is 2.79. The first kappa shape index (κ1) is 21.6. The number of carbonyl (C=O) groups is 1. The van der Waals surface area contributed by atoms with Gasteiger partial charge in [-0.2, -0.15) is 11.8 Å². The number of hydrogen-bond donors (Lipinski definition) is 1. The summed E-state index contributed by atoms with van der Waals surface area (Å²) in [5, 5.41) is 0. The topological polar surface area (TPSA) is 71.2 Å². The molecule has 1 fully saturated rings. The number of halogens is 1. The van der Waals surface area contributed by atoms with Crippen molar-refractivity contribution in [1.82, 2.24) is 9.80 Å². The highest BCUT2D eigenvalue weighted by Crippen LogP contribution is 2.10. The molecule has 0 radical (unpaired) electrons. The summed E-state index contributed by atoms with van der Waals surface area (Å²) in [6.45, 7) is 11.0. The number of aliphatic imine (C=N–C) groups is 1. The molecule has 0 spiro atoms. The summed E-state index contributed by atoms with van der Waals surface area (Å²) in [4.78, 5) is 20.1. The molecule has 1 aliphatic heterocycles. The lowest BCUT2D eigenvalue weighted by atomic mass is 10.2. The molecule has 1 heterocycles. The Hall–Kier alpha value is -0.380. The Morgan fingerprint density at radius 2 is 1.95 bits per heavy atom. The lowest BCUT2D eigenvalue weighted by Gasteiger charge is -2.28. The summed E-state index contributed by atoms with van der Waals surface area (Å²) in [6, 6.07) is 0. The van der Waals surface area contributed by atoms with Crippen LogP contribution in [0.5, 0.6) is 0 Å². The van der Waals surface area contributed by atoms with Gasteiger partial charge in [-0.15, -0.1) is 24.0 Å². The minimum atomic E-state index is -0.474. The number of thioether (sulfide) groups is 1. The number of nitrogens with zero attached hydrogens (tertiary/aromatic N) is 3. The minimum absolute atomic E-state index is 0. The van der Waals surface area contributed by atoms with E-state index in [2.05, 4.69) is 9.89 Å². The molecule has 0 aromatic rings. The molecule has 6 nitrogen and oxygen atoms in total. The molecule has 0 unspecified atom stereocenters. The lowest BCUT2D eigenvalue weighted by Crippen LogP contribution is -2.43. The number of carbonyl (C=O) groups excluding carboxylic acids is 1. The van der Waals surface area contributed by atoms with Gasteiger partial charge in [0.05, 0.1) is 6.54 Å². The number of nitrogens with two attached hydrogens (primary N) is 1. The summed E-state index contributed by atoms with van der Waals surface area (Å²) in [7, 11) is 0. The predicted octanol–water partition coefficient (Wildman–Crippen LogP) is 2.22. The van der Waals surface area contributed by atoms with Crippen LogP contribution in [0, 0.1) is 0 Å². The molecule has 0 bridgehead atoms. The van der Waals surface area contributed by atoms with Gasteiger partial charge in [-0.3, -0.25) is 4.99 Å². The Kier molecular flexibility index (Phi) is 10.2. The molecule has 0 aromatic heterocycles. The van der Waals surface area contributed by atoms with Gasteiger partial charge in [-0.1, -0.05) is 0 Å². The van der Waals surface area contributed by atoms with E-state index in [0.29, 0.717) is 25.6 Å². The molecule has 2 N–H and O–H groups in total. The van der Waals surface area contributed by atoms with Gasteiger partial charge in [-0.05, 0) is 27.7 Å². The maximum atomic E-state index is 12.0. The van der Waals surface area contributed by atoms with Crippen LogP contribution in [0.2, 0.25) is 0 Å². The smallest absolute Gasteiger partial charge is 0.410 e. The monoisotopic (exact) mass is 444 g/mol. The highest BCUT2D eigenvalue weighted by Gasteiger charge is 2.20. The highest BCUT2D eigenvalue weighted by molar-refractivity contribution is 14.0. The van der Waals surface area contributed by atoms with Crippen molar-refractivity contribution in [2.75, 3.05) is 44.2 Å². The Morgan fingerprint density at radius 3 is 2.45 bits per heavy atom. The molecule has 0 aliphatic carbocycles. The van der Waals surface area contributed by atoms with E-state index < -0.39 is 5.60 Å². The van der Waals surface area contributed by atoms with Gasteiger partial charge < -0.3 is 20.3 Å². The van der Waals surface area contributed by atoms with Gasteiger partial charge in [0, 0.05) is 37.7 Å². The Labute approximate surface area is 155 Å². The molecular weight excluding hydrogens is 415 g/mol. The van der Waals surface area contributed by atoms with Crippen molar-refractivity contribution in [2.45, 2.75) is 33.3 Å². The van der Waals surface area contributed by atoms with Crippen molar-refractivity contribution in [3.05, 3.63) is 0 Å². The molecule has 22 heavy (non-hydrogen) atoms. The average Bonchev–Trinajstić information content (AvgIpc) is 2.42. The Balaban J connectivity index is 0.00000441. The van der Waals surface area contributed by atoms with Gasteiger partial charge in [0.25, 0.3) is 0 Å². The van der Waals surface area contributed by atoms with E-state index in [4.69, 9.17) is 10.5 Å². The number of ether oxygens (including phenoxy) is 1. The quantitative estimate of drug-likeness (QED) is 0.409. The van der Waals surface area contributed by atoms with Crippen molar-refractivity contribution in [1.29, 1.82) is 0 Å². The normalized spacial score (nSPS) is 16.0. The maximum absolute atomic E-state index is 12.0. The third-order valence-corrected chi connectivity index (χ3v) is 3.95. The van der Waals surface area contributed by atoms with Crippen LogP contribution in [0.25, 0.3) is 0 Å². The maximum Gasteiger partial charge on any atom is 0.410 e. The molecule has 1 rings (SSSR count). The summed E-state index contributed by atoms with van der Waals surface area (Å²) in [5.41, 5.74) is 5.51. The van der Waals surface area contributed by atoms with Crippen molar-refractivity contribution in [3.63, 3.8) is 0 Å². The number of amides is 1. The number of rotatable bonds is 4. The molecule has 130 valence electrons. The summed E-state index contributed by atoms with van der Waals surface area (Å²) >= 11 is 1.94. The second-order valence-electron chi connectivity index (χ2n) is 5.90. The van der Waals surface area contributed by atoms with Crippen molar-refractivity contribution in [3.8, 4) is 0 Å². The van der Waals surface area contributed by atoms with Gasteiger partial charge in [0.2, 0.25) is 0 Å². The Bertz CT molecular complexity index is 368. The SMILES string of the molecule is CCN(CCN=C(N)N1CCSCC1)C(=O)OC(C)(C)C.I. The summed E-state index contributed by atoms with van der Waals surface area (Å²) in [6.07, 6.45) is -0.298. The predicted molar refractivity (Wildman–Crippen MR) is 104 cm³/mol. The van der Waals surface area contributed by atoms with Gasteiger partial charge in [-0.25, -0.2) is 4.79 Å². The van der Waals surface area contributed by atoms with E-state index in [9.17, 15) is 4.79 Å². The van der Waals surface area contributed by atoms with Crippen LogP contribution in [0.1, 0.15) is 27.7 Å². The lowest BCUT2D eigenvalue weighted by molar-refractivity contribution is 0.0266. The van der Waals surface area contributed by atoms with E-state index in [-0.39, 0.29) is 30.1 Å². The first-order valence-corrected chi connectivity index (χ1v) is 8.59. The number of hydrogen-bond acceptors (Lipinski definition) is 4. The van der Waals surface area contributed by atoms with Crippen LogP contribution in [0.3, 0.4) is 0 Å². The number of likely N-dealkylation sites (N-methyl/N-ethyl adjacent to an activating group) is 1. The van der Waals surface area contributed by atoms with E-state index in [1.807, 2.05) is 39.5 Å².